The summed E-state index contributed by atoms with van der Waals surface area (Å²) in [7, 11) is 1.56. The van der Waals surface area contributed by atoms with E-state index in [1.54, 1.807) is 13.2 Å². The van der Waals surface area contributed by atoms with E-state index in [9.17, 15) is 5.11 Å². The molecule has 0 spiro atoms. The van der Waals surface area contributed by atoms with E-state index in [0.717, 1.165) is 4.47 Å². The van der Waals surface area contributed by atoms with Gasteiger partial charge in [-0.2, -0.15) is 0 Å². The maximum Gasteiger partial charge on any atom is 0.125 e. The van der Waals surface area contributed by atoms with Crippen LogP contribution in [0.3, 0.4) is 0 Å². The average Bonchev–Trinajstić information content (AvgIpc) is 2.16. The van der Waals surface area contributed by atoms with Crippen LogP contribution in [-0.4, -0.2) is 18.8 Å². The zero-order valence-corrected chi connectivity index (χ0v) is 8.91. The summed E-state index contributed by atoms with van der Waals surface area (Å²) in [4.78, 5) is 0. The number of hydrogen-bond donors (Lipinski definition) is 2. The first-order valence-corrected chi connectivity index (χ1v) is 4.70. The topological polar surface area (TPSA) is 55.5 Å². The van der Waals surface area contributed by atoms with Crippen LogP contribution < -0.4 is 10.5 Å². The van der Waals surface area contributed by atoms with Gasteiger partial charge in [0.2, 0.25) is 0 Å². The highest BCUT2D eigenvalue weighted by molar-refractivity contribution is 9.10. The fourth-order valence-electron chi connectivity index (χ4n) is 1.14. The summed E-state index contributed by atoms with van der Waals surface area (Å²) in [6.45, 7) is 0.180. The van der Waals surface area contributed by atoms with E-state index < -0.39 is 6.10 Å². The molecule has 1 aromatic carbocycles. The Morgan fingerprint density at radius 2 is 2.31 bits per heavy atom. The van der Waals surface area contributed by atoms with E-state index in [2.05, 4.69) is 15.9 Å². The normalized spacial score (nSPS) is 12.6. The van der Waals surface area contributed by atoms with Gasteiger partial charge in [0.25, 0.3) is 0 Å². The van der Waals surface area contributed by atoms with Crippen LogP contribution in [-0.2, 0) is 0 Å². The number of aliphatic hydroxyl groups is 1. The quantitative estimate of drug-likeness (QED) is 0.848. The minimum atomic E-state index is -0.689. The van der Waals surface area contributed by atoms with Crippen LogP contribution in [0.25, 0.3) is 0 Å². The second-order valence-corrected chi connectivity index (χ2v) is 3.46. The summed E-state index contributed by atoms with van der Waals surface area (Å²) in [6, 6.07) is 5.48. The highest BCUT2D eigenvalue weighted by atomic mass is 79.9. The standard InChI is InChI=1S/C9H12BrNO2/c1-13-8-4-2-3-6(10)9(8)7(12)5-11/h2-4,7,12H,5,11H2,1H3/t7-/m0/s1. The van der Waals surface area contributed by atoms with Crippen molar-refractivity contribution in [2.45, 2.75) is 6.10 Å². The number of ether oxygens (including phenoxy) is 1. The van der Waals surface area contributed by atoms with E-state index in [1.165, 1.54) is 0 Å². The summed E-state index contributed by atoms with van der Waals surface area (Å²) in [5, 5.41) is 9.59. The lowest BCUT2D eigenvalue weighted by molar-refractivity contribution is 0.181. The summed E-state index contributed by atoms with van der Waals surface area (Å²) >= 11 is 3.33. The Bertz CT molecular complexity index is 291. The molecule has 4 heteroatoms. The second-order valence-electron chi connectivity index (χ2n) is 2.61. The van der Waals surface area contributed by atoms with Crippen molar-refractivity contribution >= 4 is 15.9 Å². The maximum absolute atomic E-state index is 9.59. The van der Waals surface area contributed by atoms with Crippen LogP contribution >= 0.6 is 15.9 Å². The molecule has 0 aromatic heterocycles. The predicted octanol–water partition coefficient (Wildman–Crippen LogP) is 1.45. The van der Waals surface area contributed by atoms with Gasteiger partial charge < -0.3 is 15.6 Å². The Morgan fingerprint density at radius 1 is 1.62 bits per heavy atom. The molecule has 72 valence electrons. The van der Waals surface area contributed by atoms with Gasteiger partial charge in [0.1, 0.15) is 5.75 Å². The van der Waals surface area contributed by atoms with Crippen LogP contribution in [0.2, 0.25) is 0 Å². The third-order valence-electron chi connectivity index (χ3n) is 1.79. The van der Waals surface area contributed by atoms with Crippen molar-refractivity contribution in [1.29, 1.82) is 0 Å². The molecule has 3 N–H and O–H groups in total. The third-order valence-corrected chi connectivity index (χ3v) is 2.48. The largest absolute Gasteiger partial charge is 0.496 e. The average molecular weight is 246 g/mol. The van der Waals surface area contributed by atoms with Crippen molar-refractivity contribution in [1.82, 2.24) is 0 Å². The zero-order chi connectivity index (χ0) is 9.84. The molecule has 3 nitrogen and oxygen atoms in total. The molecular weight excluding hydrogens is 234 g/mol. The van der Waals surface area contributed by atoms with Gasteiger partial charge in [-0.25, -0.2) is 0 Å². The smallest absolute Gasteiger partial charge is 0.125 e. The van der Waals surface area contributed by atoms with Gasteiger partial charge in [-0.15, -0.1) is 0 Å². The Labute approximate surface area is 85.6 Å². The number of aliphatic hydroxyl groups excluding tert-OH is 1. The minimum Gasteiger partial charge on any atom is -0.496 e. The fraction of sp³-hybridized carbons (Fsp3) is 0.333. The number of halogens is 1. The molecule has 0 unspecified atom stereocenters. The van der Waals surface area contributed by atoms with E-state index in [0.29, 0.717) is 11.3 Å². The number of hydrogen-bond acceptors (Lipinski definition) is 3. The van der Waals surface area contributed by atoms with Gasteiger partial charge in [-0.05, 0) is 12.1 Å². The molecule has 0 fully saturated rings. The van der Waals surface area contributed by atoms with Crippen molar-refractivity contribution in [3.63, 3.8) is 0 Å². The Kier molecular flexibility index (Phi) is 3.71. The van der Waals surface area contributed by atoms with E-state index >= 15 is 0 Å². The molecule has 0 amide bonds. The monoisotopic (exact) mass is 245 g/mol. The van der Waals surface area contributed by atoms with Crippen LogP contribution in [0.15, 0.2) is 22.7 Å². The Hall–Kier alpha value is -0.580. The lowest BCUT2D eigenvalue weighted by Gasteiger charge is -2.14. The van der Waals surface area contributed by atoms with Crippen LogP contribution in [0.1, 0.15) is 11.7 Å². The molecular formula is C9H12BrNO2. The van der Waals surface area contributed by atoms with Crippen molar-refractivity contribution in [2.75, 3.05) is 13.7 Å². The molecule has 0 aliphatic carbocycles. The molecule has 1 aromatic rings. The Morgan fingerprint density at radius 3 is 2.85 bits per heavy atom. The summed E-state index contributed by atoms with van der Waals surface area (Å²) < 4.78 is 5.91. The lowest BCUT2D eigenvalue weighted by Crippen LogP contribution is -2.13. The Balaban J connectivity index is 3.14. The molecule has 0 saturated heterocycles. The zero-order valence-electron chi connectivity index (χ0n) is 7.33. The van der Waals surface area contributed by atoms with Gasteiger partial charge in [0.15, 0.2) is 0 Å². The first kappa shape index (κ1) is 10.5. The van der Waals surface area contributed by atoms with E-state index in [-0.39, 0.29) is 6.54 Å². The summed E-state index contributed by atoms with van der Waals surface area (Å²) in [5.74, 6) is 0.646. The number of methoxy groups -OCH3 is 1. The van der Waals surface area contributed by atoms with Crippen molar-refractivity contribution in [3.05, 3.63) is 28.2 Å². The molecule has 0 aliphatic heterocycles. The molecule has 1 rings (SSSR count). The third kappa shape index (κ3) is 2.21. The van der Waals surface area contributed by atoms with Gasteiger partial charge in [0, 0.05) is 16.6 Å². The first-order valence-electron chi connectivity index (χ1n) is 3.91. The van der Waals surface area contributed by atoms with E-state index in [1.807, 2.05) is 12.1 Å². The molecule has 1 atom stereocenters. The molecule has 0 bridgehead atoms. The lowest BCUT2D eigenvalue weighted by atomic mass is 10.1. The van der Waals surface area contributed by atoms with Gasteiger partial charge in [-0.3, -0.25) is 0 Å². The highest BCUT2D eigenvalue weighted by Gasteiger charge is 2.14. The van der Waals surface area contributed by atoms with Gasteiger partial charge >= 0.3 is 0 Å². The highest BCUT2D eigenvalue weighted by Crippen LogP contribution is 2.31. The molecule has 0 radical (unpaired) electrons. The SMILES string of the molecule is COc1cccc(Br)c1[C@@H](O)CN. The predicted molar refractivity (Wildman–Crippen MR) is 54.7 cm³/mol. The van der Waals surface area contributed by atoms with Crippen molar-refractivity contribution in [2.24, 2.45) is 5.73 Å². The molecule has 13 heavy (non-hydrogen) atoms. The summed E-state index contributed by atoms with van der Waals surface area (Å²) in [5.41, 5.74) is 6.07. The number of benzene rings is 1. The maximum atomic E-state index is 9.59. The van der Waals surface area contributed by atoms with E-state index in [4.69, 9.17) is 10.5 Å². The molecule has 0 aliphatic rings. The van der Waals surface area contributed by atoms with Crippen molar-refractivity contribution < 1.29 is 9.84 Å². The van der Waals surface area contributed by atoms with Crippen LogP contribution in [0.5, 0.6) is 5.75 Å². The summed E-state index contributed by atoms with van der Waals surface area (Å²) in [6.07, 6.45) is -0.689. The molecule has 0 saturated carbocycles. The van der Waals surface area contributed by atoms with Crippen LogP contribution in [0.4, 0.5) is 0 Å². The number of nitrogens with two attached hydrogens (primary N) is 1. The minimum absolute atomic E-state index is 0.180. The van der Waals surface area contributed by atoms with Gasteiger partial charge in [0.05, 0.1) is 13.2 Å². The number of rotatable bonds is 3. The molecule has 0 heterocycles. The van der Waals surface area contributed by atoms with Crippen molar-refractivity contribution in [3.8, 4) is 5.75 Å². The van der Waals surface area contributed by atoms with Crippen LogP contribution in [0, 0.1) is 0 Å². The second kappa shape index (κ2) is 4.60. The fourth-order valence-corrected chi connectivity index (χ4v) is 1.75. The van der Waals surface area contributed by atoms with Gasteiger partial charge in [-0.1, -0.05) is 22.0 Å². The first-order chi connectivity index (χ1) is 6.20.